The Hall–Kier alpha value is -1.95. The Morgan fingerprint density at radius 3 is 2.20 bits per heavy atom. The van der Waals surface area contributed by atoms with Gasteiger partial charge in [-0.3, -0.25) is 4.98 Å². The van der Waals surface area contributed by atoms with Crippen molar-refractivity contribution in [2.45, 2.75) is 24.2 Å². The van der Waals surface area contributed by atoms with E-state index in [1.165, 1.54) is 6.42 Å². The highest BCUT2D eigenvalue weighted by Crippen LogP contribution is 2.53. The van der Waals surface area contributed by atoms with Gasteiger partial charge < -0.3 is 0 Å². The van der Waals surface area contributed by atoms with E-state index in [4.69, 9.17) is 16.7 Å². The standard InChI is InChI=1S/C19H17ClN2O2S/c20-14-4-7-18(22-12-14)17-11-19(8-1-9-19)10-16(17)13-2-5-15(6-3-13)25(21,23)24/h2-7,10-12H,1,8-9H2,(H2,21,23,24). The molecule has 25 heavy (non-hydrogen) atoms. The highest BCUT2D eigenvalue weighted by atomic mass is 35.5. The predicted molar refractivity (Wildman–Crippen MR) is 99.3 cm³/mol. The molecule has 1 saturated carbocycles. The van der Waals surface area contributed by atoms with E-state index in [-0.39, 0.29) is 10.3 Å². The van der Waals surface area contributed by atoms with Crippen LogP contribution in [0.15, 0.2) is 59.6 Å². The van der Waals surface area contributed by atoms with Crippen LogP contribution in [0.2, 0.25) is 5.02 Å². The first-order valence-electron chi connectivity index (χ1n) is 8.08. The summed E-state index contributed by atoms with van der Waals surface area (Å²) in [6, 6.07) is 10.4. The van der Waals surface area contributed by atoms with Crippen LogP contribution >= 0.6 is 11.6 Å². The van der Waals surface area contributed by atoms with E-state index in [0.717, 1.165) is 35.2 Å². The van der Waals surface area contributed by atoms with Crippen LogP contribution in [-0.2, 0) is 10.0 Å². The summed E-state index contributed by atoms with van der Waals surface area (Å²) in [6.45, 7) is 0. The van der Waals surface area contributed by atoms with Gasteiger partial charge in [0.05, 0.1) is 15.6 Å². The third kappa shape index (κ3) is 3.03. The van der Waals surface area contributed by atoms with Crippen LogP contribution in [0.3, 0.4) is 0 Å². The molecule has 0 radical (unpaired) electrons. The van der Waals surface area contributed by atoms with Crippen molar-refractivity contribution in [1.29, 1.82) is 0 Å². The van der Waals surface area contributed by atoms with Gasteiger partial charge in [0.15, 0.2) is 0 Å². The van der Waals surface area contributed by atoms with Crippen molar-refractivity contribution < 1.29 is 8.42 Å². The highest BCUT2D eigenvalue weighted by molar-refractivity contribution is 7.89. The van der Waals surface area contributed by atoms with E-state index in [9.17, 15) is 8.42 Å². The molecule has 4 nitrogen and oxygen atoms in total. The monoisotopic (exact) mass is 372 g/mol. The number of nitrogens with two attached hydrogens (primary N) is 1. The van der Waals surface area contributed by atoms with Gasteiger partial charge in [-0.2, -0.15) is 0 Å². The van der Waals surface area contributed by atoms with Crippen LogP contribution in [-0.4, -0.2) is 13.4 Å². The minimum atomic E-state index is -3.69. The summed E-state index contributed by atoms with van der Waals surface area (Å²) in [7, 11) is -3.69. The summed E-state index contributed by atoms with van der Waals surface area (Å²) >= 11 is 5.96. The number of benzene rings is 1. The van der Waals surface area contributed by atoms with Gasteiger partial charge in [-0.15, -0.1) is 0 Å². The molecule has 0 unspecified atom stereocenters. The number of aromatic nitrogens is 1. The summed E-state index contributed by atoms with van der Waals surface area (Å²) in [5.41, 5.74) is 4.08. The van der Waals surface area contributed by atoms with Crippen molar-refractivity contribution in [2.75, 3.05) is 0 Å². The van der Waals surface area contributed by atoms with Gasteiger partial charge in [0, 0.05) is 17.2 Å². The maximum Gasteiger partial charge on any atom is 0.238 e. The normalized spacial score (nSPS) is 18.6. The van der Waals surface area contributed by atoms with Crippen molar-refractivity contribution in [3.63, 3.8) is 0 Å². The number of rotatable bonds is 3. The average molecular weight is 373 g/mol. The number of pyridine rings is 1. The third-order valence-corrected chi connectivity index (χ3v) is 6.09. The fraction of sp³-hybridized carbons (Fsp3) is 0.211. The lowest BCUT2D eigenvalue weighted by atomic mass is 9.70. The molecule has 128 valence electrons. The largest absolute Gasteiger partial charge is 0.255 e. The van der Waals surface area contributed by atoms with Gasteiger partial charge in [0.2, 0.25) is 10.0 Å². The maximum atomic E-state index is 11.5. The van der Waals surface area contributed by atoms with Crippen LogP contribution in [0, 0.1) is 5.41 Å². The van der Waals surface area contributed by atoms with Gasteiger partial charge in [-0.25, -0.2) is 13.6 Å². The molecule has 2 aliphatic rings. The third-order valence-electron chi connectivity index (χ3n) is 4.94. The van der Waals surface area contributed by atoms with Gasteiger partial charge in [0.1, 0.15) is 0 Å². The molecule has 0 saturated heterocycles. The number of primary sulfonamides is 1. The molecular weight excluding hydrogens is 356 g/mol. The van der Waals surface area contributed by atoms with Crippen LogP contribution in [0.1, 0.15) is 30.5 Å². The molecule has 4 rings (SSSR count). The quantitative estimate of drug-likeness (QED) is 0.883. The molecule has 6 heteroatoms. The lowest BCUT2D eigenvalue weighted by molar-refractivity contribution is 0.282. The molecule has 1 spiro atoms. The smallest absolute Gasteiger partial charge is 0.238 e. The van der Waals surface area contributed by atoms with Gasteiger partial charge in [-0.05, 0) is 48.2 Å². The Labute approximate surface area is 152 Å². The van der Waals surface area contributed by atoms with Crippen LogP contribution in [0.5, 0.6) is 0 Å². The first-order valence-corrected chi connectivity index (χ1v) is 10.0. The Balaban J connectivity index is 1.77. The Morgan fingerprint density at radius 1 is 1.00 bits per heavy atom. The summed E-state index contributed by atoms with van der Waals surface area (Å²) in [5.74, 6) is 0. The molecule has 0 atom stereocenters. The molecule has 2 N–H and O–H groups in total. The second-order valence-corrected chi connectivity index (χ2v) is 8.63. The topological polar surface area (TPSA) is 73.1 Å². The molecule has 0 bridgehead atoms. The zero-order valence-electron chi connectivity index (χ0n) is 13.4. The fourth-order valence-electron chi connectivity index (χ4n) is 3.46. The first-order chi connectivity index (χ1) is 11.9. The zero-order valence-corrected chi connectivity index (χ0v) is 15.0. The molecule has 1 aromatic carbocycles. The van der Waals surface area contributed by atoms with E-state index >= 15 is 0 Å². The second kappa shape index (κ2) is 5.80. The first kappa shape index (κ1) is 16.5. The summed E-state index contributed by atoms with van der Waals surface area (Å²) in [5, 5.41) is 5.79. The molecule has 0 aliphatic heterocycles. The van der Waals surface area contributed by atoms with Crippen molar-refractivity contribution in [3.8, 4) is 0 Å². The van der Waals surface area contributed by atoms with Crippen LogP contribution in [0.25, 0.3) is 11.1 Å². The van der Waals surface area contributed by atoms with E-state index in [1.807, 2.05) is 12.1 Å². The van der Waals surface area contributed by atoms with E-state index < -0.39 is 10.0 Å². The van der Waals surface area contributed by atoms with Gasteiger partial charge >= 0.3 is 0 Å². The maximum absolute atomic E-state index is 11.5. The van der Waals surface area contributed by atoms with E-state index in [0.29, 0.717) is 5.02 Å². The Kier molecular flexibility index (Phi) is 3.83. The van der Waals surface area contributed by atoms with Crippen molar-refractivity contribution >= 4 is 32.8 Å². The zero-order chi connectivity index (χ0) is 17.7. The minimum Gasteiger partial charge on any atom is -0.255 e. The highest BCUT2D eigenvalue weighted by Gasteiger charge is 2.38. The molecule has 0 amide bonds. The Bertz CT molecular complexity index is 987. The van der Waals surface area contributed by atoms with Crippen molar-refractivity contribution in [3.05, 3.63) is 71.0 Å². The predicted octanol–water partition coefficient (Wildman–Crippen LogP) is 4.03. The molecule has 1 fully saturated rings. The summed E-state index contributed by atoms with van der Waals surface area (Å²) < 4.78 is 22.9. The second-order valence-electron chi connectivity index (χ2n) is 6.63. The van der Waals surface area contributed by atoms with Crippen LogP contribution in [0.4, 0.5) is 0 Å². The number of halogens is 1. The average Bonchev–Trinajstić information content (AvgIpc) is 2.96. The lowest BCUT2D eigenvalue weighted by Gasteiger charge is -2.34. The summed E-state index contributed by atoms with van der Waals surface area (Å²) in [6.07, 6.45) is 9.69. The van der Waals surface area contributed by atoms with E-state index in [2.05, 4.69) is 17.1 Å². The molecule has 2 aromatic rings. The molecule has 1 heterocycles. The van der Waals surface area contributed by atoms with Crippen molar-refractivity contribution in [2.24, 2.45) is 10.6 Å². The summed E-state index contributed by atoms with van der Waals surface area (Å²) in [4.78, 5) is 4.57. The number of allylic oxidation sites excluding steroid dienone is 4. The Morgan fingerprint density at radius 2 is 1.68 bits per heavy atom. The number of nitrogens with zero attached hydrogens (tertiary/aromatic N) is 1. The van der Waals surface area contributed by atoms with E-state index in [1.54, 1.807) is 30.5 Å². The van der Waals surface area contributed by atoms with Gasteiger partial charge in [-0.1, -0.05) is 42.3 Å². The molecular formula is C19H17ClN2O2S. The SMILES string of the molecule is NS(=O)(=O)c1ccc(C2=CC3(C=C2c2ccc(Cl)cn2)CCC3)cc1. The number of hydrogen-bond acceptors (Lipinski definition) is 3. The lowest BCUT2D eigenvalue weighted by Crippen LogP contribution is -2.22. The molecule has 1 aromatic heterocycles. The minimum absolute atomic E-state index is 0.102. The number of sulfonamides is 1. The fourth-order valence-corrected chi connectivity index (χ4v) is 4.08. The molecule has 2 aliphatic carbocycles. The number of hydrogen-bond donors (Lipinski definition) is 1. The van der Waals surface area contributed by atoms with Crippen LogP contribution < -0.4 is 5.14 Å². The van der Waals surface area contributed by atoms with Crippen molar-refractivity contribution in [1.82, 2.24) is 4.98 Å². The van der Waals surface area contributed by atoms with Gasteiger partial charge in [0.25, 0.3) is 0 Å².